The van der Waals surface area contributed by atoms with Crippen molar-refractivity contribution in [3.63, 3.8) is 0 Å². The number of aliphatic hydroxyl groups is 1. The van der Waals surface area contributed by atoms with E-state index in [0.29, 0.717) is 19.4 Å². The molecule has 2 bridgehead atoms. The number of aliphatic hydroxyl groups excluding tert-OH is 1. The molecule has 3 fully saturated rings. The van der Waals surface area contributed by atoms with Gasteiger partial charge in [0.2, 0.25) is 17.7 Å². The average molecular weight is 542 g/mol. The molecule has 216 valence electrons. The van der Waals surface area contributed by atoms with Crippen LogP contribution in [0.5, 0.6) is 0 Å². The van der Waals surface area contributed by atoms with Gasteiger partial charge < -0.3 is 25.4 Å². The molecule has 0 saturated carbocycles. The molecule has 8 heteroatoms. The molecule has 3 aliphatic heterocycles. The van der Waals surface area contributed by atoms with Gasteiger partial charge >= 0.3 is 0 Å². The zero-order valence-corrected chi connectivity index (χ0v) is 24.8. The van der Waals surface area contributed by atoms with Crippen molar-refractivity contribution in [2.75, 3.05) is 6.61 Å². The predicted molar refractivity (Wildman–Crippen MR) is 149 cm³/mol. The molecule has 1 spiro atoms. The zero-order chi connectivity index (χ0) is 29.0. The molecular weight excluding hydrogens is 494 g/mol. The lowest BCUT2D eigenvalue weighted by atomic mass is 9.62. The third-order valence-electron chi connectivity index (χ3n) is 9.10. The minimum Gasteiger partial charge on any atom is -0.394 e. The molecule has 3 aliphatic rings. The van der Waals surface area contributed by atoms with Crippen LogP contribution in [0.25, 0.3) is 0 Å². The summed E-state index contributed by atoms with van der Waals surface area (Å²) in [6.07, 6.45) is 1.72. The van der Waals surface area contributed by atoms with Gasteiger partial charge in [0.05, 0.1) is 30.1 Å². The first kappa shape index (κ1) is 29.5. The van der Waals surface area contributed by atoms with Gasteiger partial charge in [-0.05, 0) is 56.9 Å². The number of amides is 3. The van der Waals surface area contributed by atoms with Crippen LogP contribution in [0, 0.1) is 23.2 Å². The first-order valence-electron chi connectivity index (χ1n) is 14.4. The Labute approximate surface area is 233 Å². The van der Waals surface area contributed by atoms with Crippen LogP contribution in [-0.2, 0) is 25.7 Å². The summed E-state index contributed by atoms with van der Waals surface area (Å²) in [5.41, 5.74) is -1.60. The van der Waals surface area contributed by atoms with Gasteiger partial charge in [-0.2, -0.15) is 0 Å². The SMILES string of the molecule is CC[C@@H](CO)N1C(=O)[C@@H]2[C@H](C(=O)NCc3ccccc3)[C@@]3(C)OC2(CC3C)C1C(=O)NC(C)(C)CC(C)(C)C. The van der Waals surface area contributed by atoms with Crippen molar-refractivity contribution < 1.29 is 24.2 Å². The second kappa shape index (κ2) is 10.2. The molecule has 0 aromatic heterocycles. The molecule has 7 atom stereocenters. The molecule has 3 amide bonds. The summed E-state index contributed by atoms with van der Waals surface area (Å²) in [7, 11) is 0. The maximum atomic E-state index is 14.3. The van der Waals surface area contributed by atoms with Crippen molar-refractivity contribution in [2.24, 2.45) is 23.2 Å². The molecule has 0 aliphatic carbocycles. The fraction of sp³-hybridized carbons (Fsp3) is 0.710. The lowest BCUT2D eigenvalue weighted by Crippen LogP contribution is -2.61. The van der Waals surface area contributed by atoms with E-state index >= 15 is 0 Å². The number of nitrogens with zero attached hydrogens (tertiary/aromatic N) is 1. The van der Waals surface area contributed by atoms with Crippen molar-refractivity contribution >= 4 is 17.7 Å². The smallest absolute Gasteiger partial charge is 0.246 e. The maximum Gasteiger partial charge on any atom is 0.246 e. The molecule has 3 N–H and O–H groups in total. The minimum atomic E-state index is -1.13. The second-order valence-corrected chi connectivity index (χ2v) is 14.0. The molecule has 3 saturated heterocycles. The Morgan fingerprint density at radius 2 is 1.79 bits per heavy atom. The maximum absolute atomic E-state index is 14.3. The van der Waals surface area contributed by atoms with Crippen LogP contribution < -0.4 is 10.6 Å². The highest BCUT2D eigenvalue weighted by atomic mass is 16.5. The van der Waals surface area contributed by atoms with E-state index in [-0.39, 0.29) is 35.7 Å². The van der Waals surface area contributed by atoms with Crippen molar-refractivity contribution in [3.8, 4) is 0 Å². The Balaban J connectivity index is 1.71. The van der Waals surface area contributed by atoms with Crippen LogP contribution in [0.2, 0.25) is 0 Å². The lowest BCUT2D eigenvalue weighted by Gasteiger charge is -2.40. The van der Waals surface area contributed by atoms with Crippen LogP contribution in [0.4, 0.5) is 0 Å². The second-order valence-electron chi connectivity index (χ2n) is 14.0. The van der Waals surface area contributed by atoms with E-state index in [1.807, 2.05) is 65.0 Å². The number of carbonyl (C=O) groups excluding carboxylic acids is 3. The van der Waals surface area contributed by atoms with Gasteiger partial charge in [-0.15, -0.1) is 0 Å². The molecule has 39 heavy (non-hydrogen) atoms. The number of nitrogens with one attached hydrogen (secondary N) is 2. The van der Waals surface area contributed by atoms with Gasteiger partial charge in [-0.25, -0.2) is 0 Å². The Hall–Kier alpha value is -2.45. The fourth-order valence-electron chi connectivity index (χ4n) is 7.85. The third-order valence-corrected chi connectivity index (χ3v) is 9.10. The van der Waals surface area contributed by atoms with Crippen molar-refractivity contribution in [2.45, 2.75) is 110 Å². The normalized spacial score (nSPS) is 32.7. The molecule has 1 aromatic rings. The molecule has 3 unspecified atom stereocenters. The van der Waals surface area contributed by atoms with Crippen LogP contribution in [0.1, 0.15) is 80.2 Å². The quantitative estimate of drug-likeness (QED) is 0.444. The average Bonchev–Trinajstić information content (AvgIpc) is 3.34. The number of hydrogen-bond acceptors (Lipinski definition) is 5. The Bertz CT molecular complexity index is 1100. The van der Waals surface area contributed by atoms with E-state index in [1.54, 1.807) is 4.90 Å². The summed E-state index contributed by atoms with van der Waals surface area (Å²) in [6, 6.07) is 8.18. The molecule has 3 heterocycles. The zero-order valence-electron chi connectivity index (χ0n) is 24.8. The third kappa shape index (κ3) is 5.10. The van der Waals surface area contributed by atoms with E-state index in [4.69, 9.17) is 4.74 Å². The number of carbonyl (C=O) groups is 3. The van der Waals surface area contributed by atoms with E-state index in [0.717, 1.165) is 12.0 Å². The first-order valence-corrected chi connectivity index (χ1v) is 14.4. The monoisotopic (exact) mass is 541 g/mol. The van der Waals surface area contributed by atoms with Gasteiger partial charge in [-0.3, -0.25) is 14.4 Å². The van der Waals surface area contributed by atoms with E-state index in [9.17, 15) is 19.5 Å². The summed E-state index contributed by atoms with van der Waals surface area (Å²) in [4.78, 5) is 43.8. The Morgan fingerprint density at radius 1 is 1.15 bits per heavy atom. The highest BCUT2D eigenvalue weighted by molar-refractivity contribution is 5.99. The van der Waals surface area contributed by atoms with Gasteiger partial charge in [-0.1, -0.05) is 65.0 Å². The number of likely N-dealkylation sites (tertiary alicyclic amines) is 1. The lowest BCUT2D eigenvalue weighted by molar-refractivity contribution is -0.151. The van der Waals surface area contributed by atoms with E-state index < -0.39 is 40.7 Å². The number of fused-ring (bicyclic) bond motifs is 1. The first-order chi connectivity index (χ1) is 18.1. The van der Waals surface area contributed by atoms with Crippen LogP contribution in [0.3, 0.4) is 0 Å². The van der Waals surface area contributed by atoms with Gasteiger partial charge in [0.1, 0.15) is 11.6 Å². The highest BCUT2D eigenvalue weighted by Gasteiger charge is 2.80. The summed E-state index contributed by atoms with van der Waals surface area (Å²) < 4.78 is 6.79. The summed E-state index contributed by atoms with van der Waals surface area (Å²) >= 11 is 0. The Morgan fingerprint density at radius 3 is 2.36 bits per heavy atom. The van der Waals surface area contributed by atoms with Crippen molar-refractivity contribution in [1.29, 1.82) is 0 Å². The number of benzene rings is 1. The van der Waals surface area contributed by atoms with E-state index in [1.165, 1.54) is 0 Å². The predicted octanol–water partition coefficient (Wildman–Crippen LogP) is 3.42. The molecule has 8 nitrogen and oxygen atoms in total. The summed E-state index contributed by atoms with van der Waals surface area (Å²) in [6.45, 7) is 16.3. The summed E-state index contributed by atoms with van der Waals surface area (Å²) in [5.74, 6) is -2.37. The highest BCUT2D eigenvalue weighted by Crippen LogP contribution is 2.65. The molecule has 4 rings (SSSR count). The summed E-state index contributed by atoms with van der Waals surface area (Å²) in [5, 5.41) is 16.5. The van der Waals surface area contributed by atoms with Crippen LogP contribution in [0.15, 0.2) is 30.3 Å². The minimum absolute atomic E-state index is 0.0217. The van der Waals surface area contributed by atoms with Gasteiger partial charge in [0.15, 0.2) is 0 Å². The largest absolute Gasteiger partial charge is 0.394 e. The van der Waals surface area contributed by atoms with Gasteiger partial charge in [0, 0.05) is 12.1 Å². The van der Waals surface area contributed by atoms with Crippen LogP contribution >= 0.6 is 0 Å². The topological polar surface area (TPSA) is 108 Å². The van der Waals surface area contributed by atoms with Gasteiger partial charge in [0.25, 0.3) is 0 Å². The van der Waals surface area contributed by atoms with Crippen molar-refractivity contribution in [3.05, 3.63) is 35.9 Å². The number of ether oxygens (including phenoxy) is 1. The molecule has 0 radical (unpaired) electrons. The number of hydrogen-bond donors (Lipinski definition) is 3. The van der Waals surface area contributed by atoms with Crippen LogP contribution in [-0.4, -0.2) is 63.2 Å². The number of rotatable bonds is 9. The molecule has 1 aromatic carbocycles. The van der Waals surface area contributed by atoms with E-state index in [2.05, 4.69) is 31.4 Å². The molecular formula is C31H47N3O5. The fourth-order valence-corrected chi connectivity index (χ4v) is 7.85. The Kier molecular flexibility index (Phi) is 7.71. The standard InChI is InChI=1S/C31H47N3O5/c1-9-21(17-35)34-24(26(37)33-29(6,7)18-28(3,4)5)31-15-19(2)30(8,39-31)22(23(31)27(34)38)25(36)32-16-20-13-11-10-12-14-20/h10-14,19,21-24,35H,9,15-18H2,1-8H3,(H,32,36)(H,33,37)/t19?,21-,22+,23-,24?,30-,31?/m0/s1. The van der Waals surface area contributed by atoms with Crippen molar-refractivity contribution in [1.82, 2.24) is 15.5 Å².